The van der Waals surface area contributed by atoms with Crippen LogP contribution < -0.4 is 5.73 Å². The summed E-state index contributed by atoms with van der Waals surface area (Å²) in [6.07, 6.45) is 0. The lowest BCUT2D eigenvalue weighted by Crippen LogP contribution is -2.27. The summed E-state index contributed by atoms with van der Waals surface area (Å²) in [5.41, 5.74) is 5.27. The normalized spacial score (nSPS) is 13.3. The zero-order valence-electron chi connectivity index (χ0n) is 9.67. The lowest BCUT2D eigenvalue weighted by molar-refractivity contribution is -0.385. The molecule has 1 rings (SSSR count). The predicted molar refractivity (Wildman–Crippen MR) is 71.9 cm³/mol. The van der Waals surface area contributed by atoms with Crippen LogP contribution >= 0.6 is 15.9 Å². The fourth-order valence-electron chi connectivity index (χ4n) is 1.33. The Hall–Kier alpha value is -0.990. The lowest BCUT2D eigenvalue weighted by Gasteiger charge is -2.10. The molecule has 6 nitrogen and oxygen atoms in total. The first-order valence-electron chi connectivity index (χ1n) is 5.12. The van der Waals surface area contributed by atoms with Gasteiger partial charge in [0.15, 0.2) is 9.84 Å². The number of nitrogens with zero attached hydrogens (tertiary/aromatic N) is 1. The fourth-order valence-corrected chi connectivity index (χ4v) is 2.94. The molecule has 0 radical (unpaired) electrons. The molecule has 18 heavy (non-hydrogen) atoms. The van der Waals surface area contributed by atoms with E-state index in [4.69, 9.17) is 5.73 Å². The minimum absolute atomic E-state index is 0.00728. The first kappa shape index (κ1) is 15.1. The minimum Gasteiger partial charge on any atom is -0.329 e. The maximum atomic E-state index is 11.9. The molecule has 0 aliphatic carbocycles. The molecule has 1 atom stereocenters. The van der Waals surface area contributed by atoms with E-state index in [2.05, 4.69) is 15.9 Å². The average Bonchev–Trinajstić information content (AvgIpc) is 2.29. The van der Waals surface area contributed by atoms with Crippen molar-refractivity contribution in [3.63, 3.8) is 0 Å². The number of nitro groups is 1. The van der Waals surface area contributed by atoms with Gasteiger partial charge >= 0.3 is 0 Å². The van der Waals surface area contributed by atoms with Gasteiger partial charge in [-0.3, -0.25) is 10.1 Å². The molecule has 1 unspecified atom stereocenters. The molecule has 0 heterocycles. The third-order valence-electron chi connectivity index (χ3n) is 2.55. The maximum Gasteiger partial charge on any atom is 0.274 e. The highest BCUT2D eigenvalue weighted by Crippen LogP contribution is 2.26. The van der Waals surface area contributed by atoms with Crippen LogP contribution in [-0.2, 0) is 15.6 Å². The number of hydrogen-bond acceptors (Lipinski definition) is 5. The third kappa shape index (κ3) is 3.50. The topological polar surface area (TPSA) is 103 Å². The van der Waals surface area contributed by atoms with Gasteiger partial charge in [0.05, 0.1) is 15.9 Å². The molecule has 100 valence electrons. The van der Waals surface area contributed by atoms with Crippen LogP contribution in [0.2, 0.25) is 0 Å². The maximum absolute atomic E-state index is 11.9. The molecule has 0 amide bonds. The van der Waals surface area contributed by atoms with Crippen LogP contribution in [0.1, 0.15) is 12.5 Å². The second kappa shape index (κ2) is 5.77. The molecule has 0 bridgehead atoms. The number of halogens is 1. The minimum atomic E-state index is -3.48. The molecule has 0 aliphatic heterocycles. The summed E-state index contributed by atoms with van der Waals surface area (Å²) in [4.78, 5) is 10.3. The molecule has 0 aliphatic rings. The van der Waals surface area contributed by atoms with Gasteiger partial charge in [0, 0.05) is 22.6 Å². The standard InChI is InChI=1S/C10H13BrN2O4S/c1-7(5-12)18(16,17)6-8-2-3-9(11)4-10(8)13(14)15/h2-4,7H,5-6,12H2,1H3. The van der Waals surface area contributed by atoms with Crippen molar-refractivity contribution in [2.45, 2.75) is 17.9 Å². The van der Waals surface area contributed by atoms with E-state index in [0.717, 1.165) is 0 Å². The highest BCUT2D eigenvalue weighted by atomic mass is 79.9. The summed E-state index contributed by atoms with van der Waals surface area (Å²) in [5.74, 6) is -0.380. The van der Waals surface area contributed by atoms with Gasteiger partial charge in [-0.25, -0.2) is 8.42 Å². The van der Waals surface area contributed by atoms with Gasteiger partial charge in [-0.1, -0.05) is 22.0 Å². The Kier molecular flexibility index (Phi) is 4.83. The third-order valence-corrected chi connectivity index (χ3v) is 5.17. The SMILES string of the molecule is CC(CN)S(=O)(=O)Cc1ccc(Br)cc1[N+](=O)[O-]. The van der Waals surface area contributed by atoms with Crippen molar-refractivity contribution in [2.75, 3.05) is 6.54 Å². The quantitative estimate of drug-likeness (QED) is 0.649. The van der Waals surface area contributed by atoms with Crippen molar-refractivity contribution >= 4 is 31.5 Å². The van der Waals surface area contributed by atoms with Crippen molar-refractivity contribution < 1.29 is 13.3 Å². The Morgan fingerprint density at radius 1 is 1.50 bits per heavy atom. The van der Waals surface area contributed by atoms with Crippen molar-refractivity contribution in [2.24, 2.45) is 5.73 Å². The van der Waals surface area contributed by atoms with E-state index in [-0.39, 0.29) is 23.5 Å². The summed E-state index contributed by atoms with van der Waals surface area (Å²) >= 11 is 3.11. The Labute approximate surface area is 113 Å². The monoisotopic (exact) mass is 336 g/mol. The van der Waals surface area contributed by atoms with Crippen LogP contribution in [0.4, 0.5) is 5.69 Å². The van der Waals surface area contributed by atoms with Crippen molar-refractivity contribution in [3.8, 4) is 0 Å². The Morgan fingerprint density at radius 3 is 2.61 bits per heavy atom. The van der Waals surface area contributed by atoms with Crippen molar-refractivity contribution in [1.82, 2.24) is 0 Å². The summed E-state index contributed by atoms with van der Waals surface area (Å²) in [7, 11) is -3.48. The molecule has 0 fully saturated rings. The number of hydrogen-bond donors (Lipinski definition) is 1. The Morgan fingerprint density at radius 2 is 2.11 bits per heavy atom. The largest absolute Gasteiger partial charge is 0.329 e. The number of sulfone groups is 1. The number of nitro benzene ring substituents is 1. The number of benzene rings is 1. The molecule has 0 saturated heterocycles. The van der Waals surface area contributed by atoms with Crippen LogP contribution in [-0.4, -0.2) is 25.1 Å². The summed E-state index contributed by atoms with van der Waals surface area (Å²) < 4.78 is 24.3. The first-order valence-corrected chi connectivity index (χ1v) is 7.63. The zero-order chi connectivity index (χ0) is 13.9. The molecule has 8 heteroatoms. The van der Waals surface area contributed by atoms with Gasteiger partial charge in [-0.2, -0.15) is 0 Å². The van der Waals surface area contributed by atoms with E-state index in [1.807, 2.05) is 0 Å². The second-order valence-corrected chi connectivity index (χ2v) is 7.22. The summed E-state index contributed by atoms with van der Waals surface area (Å²) in [5, 5.41) is 10.1. The molecule has 0 aromatic heterocycles. The molecule has 1 aromatic carbocycles. The van der Waals surface area contributed by atoms with Crippen LogP contribution in [0, 0.1) is 10.1 Å². The fraction of sp³-hybridized carbons (Fsp3) is 0.400. The van der Waals surface area contributed by atoms with Crippen LogP contribution in [0.25, 0.3) is 0 Å². The first-order chi connectivity index (χ1) is 8.27. The van der Waals surface area contributed by atoms with Crippen molar-refractivity contribution in [1.29, 1.82) is 0 Å². The summed E-state index contributed by atoms with van der Waals surface area (Å²) in [6, 6.07) is 4.30. The molecule has 0 saturated carbocycles. The number of rotatable bonds is 5. The van der Waals surface area contributed by atoms with Gasteiger partial charge in [-0.15, -0.1) is 0 Å². The average molecular weight is 337 g/mol. The van der Waals surface area contributed by atoms with Crippen LogP contribution in [0.15, 0.2) is 22.7 Å². The molecule has 1 aromatic rings. The second-order valence-electron chi connectivity index (χ2n) is 3.88. The van der Waals surface area contributed by atoms with Gasteiger partial charge in [0.25, 0.3) is 5.69 Å². The Bertz CT molecular complexity index is 559. The van der Waals surface area contributed by atoms with Gasteiger partial charge in [0.2, 0.25) is 0 Å². The summed E-state index contributed by atoms with van der Waals surface area (Å²) in [6.45, 7) is 1.48. The highest BCUT2D eigenvalue weighted by Gasteiger charge is 2.24. The molecular weight excluding hydrogens is 324 g/mol. The van der Waals surface area contributed by atoms with E-state index in [1.165, 1.54) is 19.1 Å². The van der Waals surface area contributed by atoms with Gasteiger partial charge in [0.1, 0.15) is 0 Å². The molecule has 2 N–H and O–H groups in total. The number of nitrogens with two attached hydrogens (primary N) is 1. The van der Waals surface area contributed by atoms with Crippen LogP contribution in [0.3, 0.4) is 0 Å². The Balaban J connectivity index is 3.16. The van der Waals surface area contributed by atoms with E-state index in [1.54, 1.807) is 6.07 Å². The van der Waals surface area contributed by atoms with E-state index >= 15 is 0 Å². The molecule has 0 spiro atoms. The smallest absolute Gasteiger partial charge is 0.274 e. The van der Waals surface area contributed by atoms with Crippen LogP contribution in [0.5, 0.6) is 0 Å². The van der Waals surface area contributed by atoms with Gasteiger partial charge in [-0.05, 0) is 13.0 Å². The van der Waals surface area contributed by atoms with Crippen molar-refractivity contribution in [3.05, 3.63) is 38.3 Å². The van der Waals surface area contributed by atoms with Gasteiger partial charge < -0.3 is 5.73 Å². The lowest BCUT2D eigenvalue weighted by atomic mass is 10.2. The predicted octanol–water partition coefficient (Wildman–Crippen LogP) is 1.62. The molecular formula is C10H13BrN2O4S. The highest BCUT2D eigenvalue weighted by molar-refractivity contribution is 9.10. The van der Waals surface area contributed by atoms with E-state index in [9.17, 15) is 18.5 Å². The van der Waals surface area contributed by atoms with E-state index in [0.29, 0.717) is 4.47 Å². The van der Waals surface area contributed by atoms with E-state index < -0.39 is 20.0 Å². The zero-order valence-corrected chi connectivity index (χ0v) is 12.1.